The molecule has 2 rings (SSSR count). The number of hydrogen-bond donors (Lipinski definition) is 0. The maximum absolute atomic E-state index is 14.4. The van der Waals surface area contributed by atoms with E-state index in [1.165, 1.54) is 24.3 Å². The summed E-state index contributed by atoms with van der Waals surface area (Å²) in [6.45, 7) is 0. The monoisotopic (exact) mass is 445 g/mol. The van der Waals surface area contributed by atoms with Gasteiger partial charge in [-0.2, -0.15) is 39.5 Å². The maximum Gasteiger partial charge on any atom is 0.422 e. The number of nitrogens with zero attached hydrogens (tertiary/aromatic N) is 5. The highest BCUT2D eigenvalue weighted by Crippen LogP contribution is 2.38. The van der Waals surface area contributed by atoms with E-state index in [1.807, 2.05) is 0 Å². The molecule has 2 aromatic carbocycles. The van der Waals surface area contributed by atoms with Gasteiger partial charge in [-0.25, -0.2) is 17.6 Å². The molecule has 0 unspecified atom stereocenters. The average molecular weight is 445 g/mol. The Morgan fingerprint density at radius 3 is 1.47 bits per heavy atom. The van der Waals surface area contributed by atoms with Gasteiger partial charge in [0.2, 0.25) is 0 Å². The van der Waals surface area contributed by atoms with Gasteiger partial charge in [-0.05, 0) is 0 Å². The van der Waals surface area contributed by atoms with Crippen LogP contribution in [0.25, 0.3) is 11.1 Å². The number of halogens is 7. The Morgan fingerprint density at radius 1 is 0.656 bits per heavy atom. The molecule has 2 aromatic rings. The lowest BCUT2D eigenvalue weighted by molar-refractivity contribution is -0.143. The maximum atomic E-state index is 14.4. The van der Waals surface area contributed by atoms with E-state index in [2.05, 4.69) is 0 Å². The van der Waals surface area contributed by atoms with Crippen LogP contribution < -0.4 is 10.4 Å². The number of nitriles is 5. The molecule has 0 amide bonds. The van der Waals surface area contributed by atoms with E-state index in [9.17, 15) is 46.5 Å². The zero-order valence-corrected chi connectivity index (χ0v) is 15.0. The van der Waals surface area contributed by atoms with Crippen LogP contribution in [0.5, 0.6) is 0 Å². The summed E-state index contributed by atoms with van der Waals surface area (Å²) in [7, 11) is 0. The summed E-state index contributed by atoms with van der Waals surface area (Å²) in [5, 5.41) is 44.8. The zero-order valence-electron chi connectivity index (χ0n) is 15.0. The van der Waals surface area contributed by atoms with Gasteiger partial charge < -0.3 is 0 Å². The molecular weight excluding hydrogens is 443 g/mol. The van der Waals surface area contributed by atoms with Crippen LogP contribution in [0.4, 0.5) is 30.7 Å². The highest BCUT2D eigenvalue weighted by atomic mass is 19.4. The van der Waals surface area contributed by atoms with Gasteiger partial charge in [0, 0.05) is 10.4 Å². The molecular formula is C20H2F7N5. The Kier molecular flexibility index (Phi) is 6.21. The second kappa shape index (κ2) is 8.48. The minimum Gasteiger partial charge on any atom is -0.203 e. The van der Waals surface area contributed by atoms with Crippen molar-refractivity contribution in [2.24, 2.45) is 0 Å². The van der Waals surface area contributed by atoms with Crippen LogP contribution in [0.2, 0.25) is 0 Å². The average Bonchev–Trinajstić information content (AvgIpc) is 2.75. The van der Waals surface area contributed by atoms with Gasteiger partial charge in [-0.3, -0.25) is 0 Å². The van der Waals surface area contributed by atoms with E-state index < -0.39 is 68.1 Å². The predicted octanol–water partition coefficient (Wildman–Crippen LogP) is 2.93. The van der Waals surface area contributed by atoms with E-state index >= 15 is 0 Å². The molecule has 0 saturated heterocycles. The molecule has 0 radical (unpaired) electrons. The number of hydrogen-bond acceptors (Lipinski definition) is 5. The van der Waals surface area contributed by atoms with Crippen LogP contribution >= 0.6 is 0 Å². The first-order chi connectivity index (χ1) is 15.0. The molecule has 0 bridgehead atoms. The van der Waals surface area contributed by atoms with Gasteiger partial charge in [0.25, 0.3) is 0 Å². The van der Waals surface area contributed by atoms with Crippen LogP contribution in [0.3, 0.4) is 0 Å². The summed E-state index contributed by atoms with van der Waals surface area (Å²) in [5.74, 6) is -10.8. The van der Waals surface area contributed by atoms with Crippen molar-refractivity contribution >= 4 is 11.1 Å². The van der Waals surface area contributed by atoms with E-state index in [1.54, 1.807) is 0 Å². The Hall–Kier alpha value is -4.86. The lowest BCUT2D eigenvalue weighted by Gasteiger charge is -2.14. The van der Waals surface area contributed by atoms with Crippen molar-refractivity contribution in [3.05, 3.63) is 68.1 Å². The van der Waals surface area contributed by atoms with E-state index in [0.717, 1.165) is 18.2 Å². The highest BCUT2D eigenvalue weighted by Gasteiger charge is 2.42. The fourth-order valence-corrected chi connectivity index (χ4v) is 2.75. The van der Waals surface area contributed by atoms with Crippen LogP contribution in [-0.2, 0) is 6.18 Å². The molecule has 0 aromatic heterocycles. The normalized spacial score (nSPS) is 11.3. The topological polar surface area (TPSA) is 119 Å². The first-order valence-corrected chi connectivity index (χ1v) is 7.85. The highest BCUT2D eigenvalue weighted by molar-refractivity contribution is 5.80. The summed E-state index contributed by atoms with van der Waals surface area (Å²) >= 11 is 0. The van der Waals surface area contributed by atoms with Crippen LogP contribution in [0.15, 0.2) is 12.1 Å². The van der Waals surface area contributed by atoms with Crippen molar-refractivity contribution in [3.8, 4) is 30.3 Å². The third-order valence-corrected chi connectivity index (χ3v) is 4.10. The van der Waals surface area contributed by atoms with Gasteiger partial charge in [0.05, 0.1) is 22.3 Å². The Morgan fingerprint density at radius 2 is 1.09 bits per heavy atom. The third-order valence-electron chi connectivity index (χ3n) is 4.10. The zero-order chi connectivity index (χ0) is 24.4. The van der Waals surface area contributed by atoms with Crippen LogP contribution in [-0.4, -0.2) is 0 Å². The Bertz CT molecular complexity index is 1460. The first-order valence-electron chi connectivity index (χ1n) is 7.85. The van der Waals surface area contributed by atoms with Crippen LogP contribution in [0.1, 0.15) is 22.3 Å². The Balaban J connectivity index is 3.24. The summed E-state index contributed by atoms with van der Waals surface area (Å²) in [6, 6.07) is 8.50. The molecule has 0 spiro atoms. The van der Waals surface area contributed by atoms with Crippen molar-refractivity contribution in [1.29, 1.82) is 26.3 Å². The smallest absolute Gasteiger partial charge is 0.203 e. The lowest BCUT2D eigenvalue weighted by Crippen LogP contribution is -2.24. The summed E-state index contributed by atoms with van der Waals surface area (Å²) in [4.78, 5) is 0. The van der Waals surface area contributed by atoms with Gasteiger partial charge in [-0.15, -0.1) is 0 Å². The number of benzene rings is 2. The third kappa shape index (κ3) is 3.56. The summed E-state index contributed by atoms with van der Waals surface area (Å²) in [6.07, 6.45) is -5.81. The van der Waals surface area contributed by atoms with Crippen molar-refractivity contribution in [2.75, 3.05) is 0 Å². The van der Waals surface area contributed by atoms with Crippen molar-refractivity contribution in [2.45, 2.75) is 6.18 Å². The van der Waals surface area contributed by atoms with Gasteiger partial charge in [0.15, 0.2) is 23.3 Å². The fraction of sp³-hybridized carbons (Fsp3) is 0.0500. The molecule has 12 heteroatoms. The molecule has 32 heavy (non-hydrogen) atoms. The molecule has 156 valence electrons. The van der Waals surface area contributed by atoms with Gasteiger partial charge in [0.1, 0.15) is 41.5 Å². The molecule has 0 aliphatic carbocycles. The second-order valence-corrected chi connectivity index (χ2v) is 5.72. The van der Waals surface area contributed by atoms with E-state index in [-0.39, 0.29) is 5.22 Å². The van der Waals surface area contributed by atoms with Crippen LogP contribution in [0, 0.1) is 79.9 Å². The second-order valence-electron chi connectivity index (χ2n) is 5.72. The summed E-state index contributed by atoms with van der Waals surface area (Å²) < 4.78 is 95.1. The SMILES string of the molecule is N#CC(C#N)=c1cc/c(=C(/C#N)c2c(F)c(F)c(C(F)(F)F)c(F)c2F)c(C#N)c1C#N. The molecule has 0 aliphatic rings. The van der Waals surface area contributed by atoms with Crippen molar-refractivity contribution < 1.29 is 30.7 Å². The molecule has 5 nitrogen and oxygen atoms in total. The van der Waals surface area contributed by atoms with E-state index in [0.29, 0.717) is 0 Å². The predicted molar refractivity (Wildman–Crippen MR) is 89.2 cm³/mol. The lowest BCUT2D eigenvalue weighted by atomic mass is 9.94. The standard InChI is InChI=1S/C20H2F7N5/c21-16-14(17(22)19(24)15(18(16)23)20(25,26)27)13(7-32)10-2-1-9(8(3-28)4-29)11(5-30)12(10)6-31/h1-2H/b13-10+. The first kappa shape index (κ1) is 23.4. The molecule has 0 fully saturated rings. The quantitative estimate of drug-likeness (QED) is 0.494. The molecule has 0 atom stereocenters. The van der Waals surface area contributed by atoms with Crippen molar-refractivity contribution in [3.63, 3.8) is 0 Å². The van der Waals surface area contributed by atoms with Gasteiger partial charge in [-0.1, -0.05) is 12.1 Å². The summed E-state index contributed by atoms with van der Waals surface area (Å²) in [5.41, 5.74) is -8.15. The minimum atomic E-state index is -5.81. The molecule has 0 N–H and O–H groups in total. The number of rotatable bonds is 1. The molecule has 0 heterocycles. The number of alkyl halides is 3. The minimum absolute atomic E-state index is 0.388. The van der Waals surface area contributed by atoms with Gasteiger partial charge >= 0.3 is 6.18 Å². The molecule has 0 saturated carbocycles. The largest absolute Gasteiger partial charge is 0.422 e. The van der Waals surface area contributed by atoms with Crippen molar-refractivity contribution in [1.82, 2.24) is 0 Å². The fourth-order valence-electron chi connectivity index (χ4n) is 2.75. The molecule has 0 aliphatic heterocycles. The Labute approximate surface area is 173 Å². The van der Waals surface area contributed by atoms with E-state index in [4.69, 9.17) is 10.5 Å².